The maximum atomic E-state index is 12.1. The van der Waals surface area contributed by atoms with E-state index >= 15 is 0 Å². The first-order valence-electron chi connectivity index (χ1n) is 6.14. The molecule has 1 aromatic carbocycles. The fraction of sp³-hybridized carbons (Fsp3) is 0.214. The van der Waals surface area contributed by atoms with Gasteiger partial charge in [0.05, 0.1) is 11.8 Å². The van der Waals surface area contributed by atoms with Crippen LogP contribution in [-0.2, 0) is 11.8 Å². The number of carbonyl (C=O) groups excluding carboxylic acids is 2. The van der Waals surface area contributed by atoms with Gasteiger partial charge in [-0.05, 0) is 24.6 Å². The monoisotopic (exact) mass is 272 g/mol. The van der Waals surface area contributed by atoms with Gasteiger partial charge in [0.1, 0.15) is 0 Å². The quantitative estimate of drug-likeness (QED) is 0.896. The van der Waals surface area contributed by atoms with E-state index in [4.69, 9.17) is 0 Å². The van der Waals surface area contributed by atoms with Crippen molar-refractivity contribution in [3.63, 3.8) is 0 Å². The number of anilines is 2. The summed E-state index contributed by atoms with van der Waals surface area (Å²) in [6.07, 6.45) is 3.14. The molecule has 0 saturated carbocycles. The number of hydrogen-bond acceptors (Lipinski definition) is 3. The summed E-state index contributed by atoms with van der Waals surface area (Å²) in [7, 11) is 1.75. The van der Waals surface area contributed by atoms with Crippen molar-refractivity contribution in [2.75, 3.05) is 10.6 Å². The topological polar surface area (TPSA) is 76.0 Å². The third-order valence-electron chi connectivity index (χ3n) is 2.77. The maximum Gasteiger partial charge on any atom is 0.258 e. The predicted molar refractivity (Wildman–Crippen MR) is 76.6 cm³/mol. The average Bonchev–Trinajstić information content (AvgIpc) is 2.79. The van der Waals surface area contributed by atoms with Crippen LogP contribution in [0, 0.1) is 6.92 Å². The molecule has 2 aromatic rings. The van der Waals surface area contributed by atoms with Crippen LogP contribution in [-0.4, -0.2) is 21.6 Å². The van der Waals surface area contributed by atoms with Crippen LogP contribution in [0.1, 0.15) is 22.8 Å². The van der Waals surface area contributed by atoms with Gasteiger partial charge in [-0.25, -0.2) is 0 Å². The number of benzene rings is 1. The Bertz CT molecular complexity index is 661. The molecule has 6 nitrogen and oxygen atoms in total. The minimum atomic E-state index is -0.235. The predicted octanol–water partition coefficient (Wildman–Crippen LogP) is 1.94. The number of aromatic nitrogens is 2. The Kier molecular flexibility index (Phi) is 3.84. The SMILES string of the molecule is CC(=O)Nc1ccc(C)c(NC(=O)c2cnn(C)c2)c1. The molecular formula is C14H16N4O2. The number of aryl methyl sites for hydroxylation is 2. The molecule has 0 aliphatic rings. The summed E-state index contributed by atoms with van der Waals surface area (Å²) in [4.78, 5) is 23.1. The molecule has 6 heteroatoms. The van der Waals surface area contributed by atoms with Crippen molar-refractivity contribution in [3.05, 3.63) is 41.7 Å². The average molecular weight is 272 g/mol. The van der Waals surface area contributed by atoms with Crippen LogP contribution in [0.3, 0.4) is 0 Å². The first-order chi connectivity index (χ1) is 9.45. The molecule has 0 aliphatic carbocycles. The van der Waals surface area contributed by atoms with Gasteiger partial charge in [-0.1, -0.05) is 6.07 Å². The fourth-order valence-electron chi connectivity index (χ4n) is 1.77. The second kappa shape index (κ2) is 5.56. The highest BCUT2D eigenvalue weighted by atomic mass is 16.2. The molecule has 2 amide bonds. The lowest BCUT2D eigenvalue weighted by atomic mass is 10.1. The van der Waals surface area contributed by atoms with Gasteiger partial charge in [-0.15, -0.1) is 0 Å². The Balaban J connectivity index is 2.19. The summed E-state index contributed by atoms with van der Waals surface area (Å²) >= 11 is 0. The Hall–Kier alpha value is -2.63. The second-order valence-electron chi connectivity index (χ2n) is 4.57. The van der Waals surface area contributed by atoms with Crippen molar-refractivity contribution < 1.29 is 9.59 Å². The molecule has 104 valence electrons. The Morgan fingerprint density at radius 2 is 2.00 bits per heavy atom. The van der Waals surface area contributed by atoms with E-state index in [9.17, 15) is 9.59 Å². The standard InChI is InChI=1S/C14H16N4O2/c1-9-4-5-12(16-10(2)19)6-13(9)17-14(20)11-7-15-18(3)8-11/h4-8H,1-3H3,(H,16,19)(H,17,20). The minimum absolute atomic E-state index is 0.154. The van der Waals surface area contributed by atoms with Crippen molar-refractivity contribution in [1.82, 2.24) is 9.78 Å². The van der Waals surface area contributed by atoms with Gasteiger partial charge in [0, 0.05) is 31.5 Å². The summed E-state index contributed by atoms with van der Waals surface area (Å²) in [6, 6.07) is 5.35. The molecule has 0 fully saturated rings. The minimum Gasteiger partial charge on any atom is -0.326 e. The van der Waals surface area contributed by atoms with Crippen LogP contribution in [0.25, 0.3) is 0 Å². The van der Waals surface area contributed by atoms with Crippen molar-refractivity contribution >= 4 is 23.2 Å². The third-order valence-corrected chi connectivity index (χ3v) is 2.77. The van der Waals surface area contributed by atoms with E-state index < -0.39 is 0 Å². The molecule has 2 rings (SSSR count). The summed E-state index contributed by atoms with van der Waals surface area (Å²) < 4.78 is 1.56. The first kappa shape index (κ1) is 13.8. The highest BCUT2D eigenvalue weighted by molar-refractivity contribution is 6.04. The van der Waals surface area contributed by atoms with Gasteiger partial charge in [0.25, 0.3) is 5.91 Å². The number of amides is 2. The van der Waals surface area contributed by atoms with E-state index in [1.807, 2.05) is 13.0 Å². The van der Waals surface area contributed by atoms with Crippen LogP contribution < -0.4 is 10.6 Å². The van der Waals surface area contributed by atoms with Gasteiger partial charge in [0.2, 0.25) is 5.91 Å². The Morgan fingerprint density at radius 1 is 1.25 bits per heavy atom. The van der Waals surface area contributed by atoms with Crippen LogP contribution >= 0.6 is 0 Å². The Morgan fingerprint density at radius 3 is 2.60 bits per heavy atom. The summed E-state index contributed by atoms with van der Waals surface area (Å²) in [5.41, 5.74) is 2.70. The van der Waals surface area contributed by atoms with Gasteiger partial charge < -0.3 is 10.6 Å². The normalized spacial score (nSPS) is 10.2. The number of nitrogens with one attached hydrogen (secondary N) is 2. The molecule has 2 N–H and O–H groups in total. The second-order valence-corrected chi connectivity index (χ2v) is 4.57. The Labute approximate surface area is 116 Å². The van der Waals surface area contributed by atoms with E-state index in [0.717, 1.165) is 5.56 Å². The van der Waals surface area contributed by atoms with E-state index in [1.165, 1.54) is 13.1 Å². The number of hydrogen-bond donors (Lipinski definition) is 2. The van der Waals surface area contributed by atoms with E-state index in [1.54, 1.807) is 30.1 Å². The summed E-state index contributed by atoms with van der Waals surface area (Å²) in [5.74, 6) is -0.389. The highest BCUT2D eigenvalue weighted by Gasteiger charge is 2.10. The van der Waals surface area contributed by atoms with Gasteiger partial charge in [0.15, 0.2) is 0 Å². The van der Waals surface area contributed by atoms with E-state index in [2.05, 4.69) is 15.7 Å². The van der Waals surface area contributed by atoms with Gasteiger partial charge in [-0.2, -0.15) is 5.10 Å². The lowest BCUT2D eigenvalue weighted by Gasteiger charge is -2.10. The summed E-state index contributed by atoms with van der Waals surface area (Å²) in [6.45, 7) is 3.32. The molecule has 1 aromatic heterocycles. The van der Waals surface area contributed by atoms with Crippen molar-refractivity contribution in [2.24, 2.45) is 7.05 Å². The van der Waals surface area contributed by atoms with Gasteiger partial charge in [-0.3, -0.25) is 14.3 Å². The van der Waals surface area contributed by atoms with Crippen molar-refractivity contribution in [2.45, 2.75) is 13.8 Å². The molecule has 0 atom stereocenters. The smallest absolute Gasteiger partial charge is 0.258 e. The van der Waals surface area contributed by atoms with E-state index in [-0.39, 0.29) is 11.8 Å². The van der Waals surface area contributed by atoms with Crippen LogP contribution in [0.4, 0.5) is 11.4 Å². The molecule has 0 bridgehead atoms. The van der Waals surface area contributed by atoms with Crippen molar-refractivity contribution in [1.29, 1.82) is 0 Å². The molecule has 0 aliphatic heterocycles. The summed E-state index contributed by atoms with van der Waals surface area (Å²) in [5, 5.41) is 9.45. The van der Waals surface area contributed by atoms with Crippen LogP contribution in [0.5, 0.6) is 0 Å². The van der Waals surface area contributed by atoms with E-state index in [0.29, 0.717) is 16.9 Å². The molecular weight excluding hydrogens is 256 g/mol. The molecule has 0 unspecified atom stereocenters. The zero-order valence-electron chi connectivity index (χ0n) is 11.6. The zero-order chi connectivity index (χ0) is 14.7. The fourth-order valence-corrected chi connectivity index (χ4v) is 1.77. The van der Waals surface area contributed by atoms with Crippen LogP contribution in [0.2, 0.25) is 0 Å². The first-order valence-corrected chi connectivity index (χ1v) is 6.14. The molecule has 0 radical (unpaired) electrons. The van der Waals surface area contributed by atoms with Gasteiger partial charge >= 0.3 is 0 Å². The molecule has 20 heavy (non-hydrogen) atoms. The highest BCUT2D eigenvalue weighted by Crippen LogP contribution is 2.21. The maximum absolute atomic E-state index is 12.1. The lowest BCUT2D eigenvalue weighted by Crippen LogP contribution is -2.13. The molecule has 1 heterocycles. The van der Waals surface area contributed by atoms with Crippen LogP contribution in [0.15, 0.2) is 30.6 Å². The molecule has 0 spiro atoms. The number of carbonyl (C=O) groups is 2. The zero-order valence-corrected chi connectivity index (χ0v) is 11.6. The number of nitrogens with zero attached hydrogens (tertiary/aromatic N) is 2. The third kappa shape index (κ3) is 3.23. The largest absolute Gasteiger partial charge is 0.326 e. The molecule has 0 saturated heterocycles. The lowest BCUT2D eigenvalue weighted by molar-refractivity contribution is -0.114. The van der Waals surface area contributed by atoms with Crippen molar-refractivity contribution in [3.8, 4) is 0 Å². The number of rotatable bonds is 3.